The van der Waals surface area contributed by atoms with Crippen molar-refractivity contribution in [1.82, 2.24) is 0 Å². The molecule has 0 saturated heterocycles. The molecule has 9 nitrogen and oxygen atoms in total. The minimum atomic E-state index is -0.658. The Morgan fingerprint density at radius 1 is 0.939 bits per heavy atom. The van der Waals surface area contributed by atoms with Crippen molar-refractivity contribution < 1.29 is 37.7 Å². The fraction of sp³-hybridized carbons (Fsp3) is 0.125. The summed E-state index contributed by atoms with van der Waals surface area (Å²) < 4.78 is 31.8. The van der Waals surface area contributed by atoms with Gasteiger partial charge in [-0.15, -0.1) is 0 Å². The number of nitrogens with zero attached hydrogens (tertiary/aromatic N) is 1. The van der Waals surface area contributed by atoms with Gasteiger partial charge in [0.15, 0.2) is 23.0 Å². The zero-order valence-electron chi connectivity index (χ0n) is 18.0. The maximum absolute atomic E-state index is 12.9. The SMILES string of the molecule is COc1cc(C(=O)Oc2ccccc2/C=C2/N=C(c3ccco3)OC2=O)cc(OC)c1OC. The van der Waals surface area contributed by atoms with E-state index in [2.05, 4.69) is 4.99 Å². The van der Waals surface area contributed by atoms with Gasteiger partial charge in [0.05, 0.1) is 33.2 Å². The van der Waals surface area contributed by atoms with Crippen molar-refractivity contribution >= 4 is 23.9 Å². The highest BCUT2D eigenvalue weighted by molar-refractivity contribution is 6.12. The summed E-state index contributed by atoms with van der Waals surface area (Å²) in [6, 6.07) is 13.0. The molecule has 33 heavy (non-hydrogen) atoms. The van der Waals surface area contributed by atoms with E-state index in [0.29, 0.717) is 28.6 Å². The molecule has 0 atom stereocenters. The second-order valence-electron chi connectivity index (χ2n) is 6.65. The molecule has 0 spiro atoms. The number of benzene rings is 2. The van der Waals surface area contributed by atoms with Crippen molar-refractivity contribution in [3.63, 3.8) is 0 Å². The van der Waals surface area contributed by atoms with Gasteiger partial charge in [0.2, 0.25) is 5.75 Å². The van der Waals surface area contributed by atoms with Gasteiger partial charge >= 0.3 is 11.9 Å². The highest BCUT2D eigenvalue weighted by Gasteiger charge is 2.26. The molecule has 9 heteroatoms. The summed E-state index contributed by atoms with van der Waals surface area (Å²) in [5.41, 5.74) is 0.678. The van der Waals surface area contributed by atoms with Crippen LogP contribution in [-0.4, -0.2) is 39.2 Å². The highest BCUT2D eigenvalue weighted by Crippen LogP contribution is 2.38. The van der Waals surface area contributed by atoms with E-state index in [1.54, 1.807) is 36.4 Å². The molecule has 168 valence electrons. The number of carbonyl (C=O) groups is 2. The summed E-state index contributed by atoms with van der Waals surface area (Å²) in [6.07, 6.45) is 2.92. The lowest BCUT2D eigenvalue weighted by atomic mass is 10.1. The van der Waals surface area contributed by atoms with Crippen molar-refractivity contribution in [2.45, 2.75) is 0 Å². The van der Waals surface area contributed by atoms with E-state index in [-0.39, 0.29) is 22.9 Å². The van der Waals surface area contributed by atoms with Crippen molar-refractivity contribution in [2.75, 3.05) is 21.3 Å². The Morgan fingerprint density at radius 2 is 1.67 bits per heavy atom. The van der Waals surface area contributed by atoms with Crippen LogP contribution in [0.25, 0.3) is 6.08 Å². The van der Waals surface area contributed by atoms with Crippen LogP contribution >= 0.6 is 0 Å². The number of rotatable bonds is 7. The molecule has 0 amide bonds. The lowest BCUT2D eigenvalue weighted by Crippen LogP contribution is -2.10. The maximum atomic E-state index is 12.9. The van der Waals surface area contributed by atoms with E-state index in [0.717, 1.165) is 0 Å². The first-order chi connectivity index (χ1) is 16.0. The van der Waals surface area contributed by atoms with Crippen LogP contribution in [0, 0.1) is 0 Å². The van der Waals surface area contributed by atoms with Crippen LogP contribution in [-0.2, 0) is 9.53 Å². The van der Waals surface area contributed by atoms with Gasteiger partial charge in [-0.1, -0.05) is 18.2 Å². The quantitative estimate of drug-likeness (QED) is 0.304. The van der Waals surface area contributed by atoms with Crippen LogP contribution < -0.4 is 18.9 Å². The Labute approximate surface area is 188 Å². The van der Waals surface area contributed by atoms with Gasteiger partial charge in [0.1, 0.15) is 5.75 Å². The number of esters is 2. The minimum absolute atomic E-state index is 0.0395. The molecule has 2 heterocycles. The van der Waals surface area contributed by atoms with Gasteiger partial charge in [-0.05, 0) is 36.4 Å². The molecule has 0 bridgehead atoms. The summed E-state index contributed by atoms with van der Waals surface area (Å²) in [5, 5.41) is 0. The molecule has 0 fully saturated rings. The maximum Gasteiger partial charge on any atom is 0.363 e. The van der Waals surface area contributed by atoms with Gasteiger partial charge in [0.25, 0.3) is 5.90 Å². The normalized spacial score (nSPS) is 14.0. The molecule has 1 aliphatic heterocycles. The third kappa shape index (κ3) is 4.42. The predicted molar refractivity (Wildman–Crippen MR) is 117 cm³/mol. The van der Waals surface area contributed by atoms with Gasteiger partial charge in [-0.2, -0.15) is 0 Å². The lowest BCUT2D eigenvalue weighted by molar-refractivity contribution is -0.130. The van der Waals surface area contributed by atoms with Crippen molar-refractivity contribution in [3.8, 4) is 23.0 Å². The molecule has 1 aliphatic rings. The number of para-hydroxylation sites is 1. The molecule has 0 saturated carbocycles. The van der Waals surface area contributed by atoms with Crippen LogP contribution in [0.4, 0.5) is 0 Å². The third-order valence-corrected chi connectivity index (χ3v) is 4.67. The Morgan fingerprint density at radius 3 is 2.30 bits per heavy atom. The number of aliphatic imine (C=N–C) groups is 1. The predicted octanol–water partition coefficient (Wildman–Crippen LogP) is 3.87. The molecule has 1 aromatic heterocycles. The Kier molecular flexibility index (Phi) is 6.12. The summed E-state index contributed by atoms with van der Waals surface area (Å²) in [7, 11) is 4.37. The molecule has 0 unspecified atom stereocenters. The number of methoxy groups -OCH3 is 3. The number of hydrogen-bond donors (Lipinski definition) is 0. The fourth-order valence-electron chi connectivity index (χ4n) is 3.11. The first-order valence-electron chi connectivity index (χ1n) is 9.71. The standard InChI is InChI=1S/C24H19NO8/c1-28-19-12-15(13-20(29-2)21(19)30-3)23(26)32-17-8-5-4-7-14(17)11-16-24(27)33-22(25-16)18-9-6-10-31-18/h4-13H,1-3H3/b16-11+. The van der Waals surface area contributed by atoms with E-state index < -0.39 is 11.9 Å². The lowest BCUT2D eigenvalue weighted by Gasteiger charge is -2.14. The second-order valence-corrected chi connectivity index (χ2v) is 6.65. The first kappa shape index (κ1) is 21.7. The average molecular weight is 449 g/mol. The van der Waals surface area contributed by atoms with Crippen LogP contribution in [0.15, 0.2) is 69.9 Å². The molecule has 3 aromatic rings. The summed E-state index contributed by atoms with van der Waals surface area (Å²) in [4.78, 5) is 29.3. The van der Waals surface area contributed by atoms with Gasteiger partial charge in [-0.3, -0.25) is 0 Å². The zero-order valence-corrected chi connectivity index (χ0v) is 18.0. The van der Waals surface area contributed by atoms with Crippen molar-refractivity contribution in [3.05, 3.63) is 77.4 Å². The summed E-state index contributed by atoms with van der Waals surface area (Å²) in [6.45, 7) is 0. The number of cyclic esters (lactones) is 1. The van der Waals surface area contributed by atoms with E-state index in [9.17, 15) is 9.59 Å². The number of hydrogen-bond acceptors (Lipinski definition) is 9. The number of furan rings is 1. The van der Waals surface area contributed by atoms with Gasteiger partial charge in [0, 0.05) is 5.56 Å². The molecule has 0 radical (unpaired) electrons. The van der Waals surface area contributed by atoms with E-state index in [4.69, 9.17) is 28.1 Å². The average Bonchev–Trinajstić information content (AvgIpc) is 3.49. The largest absolute Gasteiger partial charge is 0.493 e. The molecule has 0 aliphatic carbocycles. The molecular weight excluding hydrogens is 430 g/mol. The highest BCUT2D eigenvalue weighted by atomic mass is 16.6. The smallest absolute Gasteiger partial charge is 0.363 e. The van der Waals surface area contributed by atoms with Crippen LogP contribution in [0.1, 0.15) is 21.7 Å². The summed E-state index contributed by atoms with van der Waals surface area (Å²) >= 11 is 0. The van der Waals surface area contributed by atoms with Crippen LogP contribution in [0.3, 0.4) is 0 Å². The third-order valence-electron chi connectivity index (χ3n) is 4.67. The topological polar surface area (TPSA) is 106 Å². The van der Waals surface area contributed by atoms with Crippen LogP contribution in [0.5, 0.6) is 23.0 Å². The number of ether oxygens (including phenoxy) is 5. The van der Waals surface area contributed by atoms with Gasteiger partial charge < -0.3 is 28.1 Å². The monoisotopic (exact) mass is 449 g/mol. The zero-order chi connectivity index (χ0) is 23.4. The molecule has 2 aromatic carbocycles. The molecule has 0 N–H and O–H groups in total. The number of carbonyl (C=O) groups excluding carboxylic acids is 2. The molecule has 4 rings (SSSR count). The Hall–Kier alpha value is -4.53. The Balaban J connectivity index is 1.63. The van der Waals surface area contributed by atoms with E-state index in [1.807, 2.05) is 0 Å². The minimum Gasteiger partial charge on any atom is -0.493 e. The van der Waals surface area contributed by atoms with Crippen LogP contribution in [0.2, 0.25) is 0 Å². The van der Waals surface area contributed by atoms with E-state index >= 15 is 0 Å². The summed E-state index contributed by atoms with van der Waals surface area (Å²) in [5.74, 6) is 0.281. The second kappa shape index (κ2) is 9.31. The van der Waals surface area contributed by atoms with E-state index in [1.165, 1.54) is 45.8 Å². The fourth-order valence-corrected chi connectivity index (χ4v) is 3.11. The first-order valence-corrected chi connectivity index (χ1v) is 9.71. The Bertz CT molecular complexity index is 1230. The van der Waals surface area contributed by atoms with Crippen molar-refractivity contribution in [2.24, 2.45) is 4.99 Å². The van der Waals surface area contributed by atoms with Gasteiger partial charge in [-0.25, -0.2) is 14.6 Å². The molecular formula is C24H19NO8. The van der Waals surface area contributed by atoms with Crippen molar-refractivity contribution in [1.29, 1.82) is 0 Å².